The lowest BCUT2D eigenvalue weighted by atomic mass is 9.97. The summed E-state index contributed by atoms with van der Waals surface area (Å²) in [6.07, 6.45) is 6.45. The van der Waals surface area contributed by atoms with Gasteiger partial charge in [0.05, 0.1) is 0 Å². The lowest BCUT2D eigenvalue weighted by Gasteiger charge is -2.28. The van der Waals surface area contributed by atoms with Crippen molar-refractivity contribution in [2.45, 2.75) is 57.0 Å². The molecule has 2 fully saturated rings. The number of nitrogens with one attached hydrogen (secondary N) is 1. The molecule has 27 heavy (non-hydrogen) atoms. The Balaban J connectivity index is 1.36. The molecule has 2 aliphatic rings. The Morgan fingerprint density at radius 3 is 2.44 bits per heavy atom. The molecule has 1 saturated carbocycles. The molecule has 142 valence electrons. The van der Waals surface area contributed by atoms with Crippen molar-refractivity contribution in [2.24, 2.45) is 0 Å². The summed E-state index contributed by atoms with van der Waals surface area (Å²) in [6.45, 7) is 3.62. The molecule has 1 aliphatic carbocycles. The van der Waals surface area contributed by atoms with E-state index in [1.165, 1.54) is 68.5 Å². The van der Waals surface area contributed by atoms with E-state index in [-0.39, 0.29) is 11.7 Å². The van der Waals surface area contributed by atoms with Gasteiger partial charge in [0.25, 0.3) is 5.91 Å². The highest BCUT2D eigenvalue weighted by atomic mass is 19.1. The Bertz CT molecular complexity index is 787. The van der Waals surface area contributed by atoms with Crippen LogP contribution in [0.5, 0.6) is 0 Å². The highest BCUT2D eigenvalue weighted by Gasteiger charge is 2.34. The molecule has 0 spiro atoms. The number of hydrogen-bond acceptors (Lipinski definition) is 2. The molecule has 1 amide bonds. The third kappa shape index (κ3) is 4.06. The van der Waals surface area contributed by atoms with Crippen molar-refractivity contribution >= 4 is 11.6 Å². The SMILES string of the molecule is C[C@H]1CCCN1C1CCC(c2ccc(NC(=O)c3ccc(F)cc3)cc2)C1. The van der Waals surface area contributed by atoms with Gasteiger partial charge in [-0.3, -0.25) is 9.69 Å². The zero-order valence-corrected chi connectivity index (χ0v) is 15.8. The van der Waals surface area contributed by atoms with Gasteiger partial charge < -0.3 is 5.32 Å². The van der Waals surface area contributed by atoms with Gasteiger partial charge in [-0.1, -0.05) is 12.1 Å². The van der Waals surface area contributed by atoms with Crippen LogP contribution in [-0.4, -0.2) is 29.4 Å². The van der Waals surface area contributed by atoms with Crippen molar-refractivity contribution in [3.8, 4) is 0 Å². The lowest BCUT2D eigenvalue weighted by molar-refractivity contribution is 0.102. The fraction of sp³-hybridized carbons (Fsp3) is 0.435. The number of likely N-dealkylation sites (tertiary alicyclic amines) is 1. The smallest absolute Gasteiger partial charge is 0.255 e. The monoisotopic (exact) mass is 366 g/mol. The first-order chi connectivity index (χ1) is 13.1. The summed E-state index contributed by atoms with van der Waals surface area (Å²) in [5.41, 5.74) is 2.60. The topological polar surface area (TPSA) is 32.3 Å². The molecule has 0 bridgehead atoms. The van der Waals surface area contributed by atoms with Crippen molar-refractivity contribution in [2.75, 3.05) is 11.9 Å². The minimum Gasteiger partial charge on any atom is -0.322 e. The van der Waals surface area contributed by atoms with Crippen LogP contribution in [0.25, 0.3) is 0 Å². The number of amides is 1. The second kappa shape index (κ2) is 7.81. The Hall–Kier alpha value is -2.20. The summed E-state index contributed by atoms with van der Waals surface area (Å²) in [4.78, 5) is 15.0. The van der Waals surface area contributed by atoms with Gasteiger partial charge in [0.2, 0.25) is 0 Å². The molecule has 2 aromatic carbocycles. The molecule has 1 heterocycles. The van der Waals surface area contributed by atoms with Crippen LogP contribution in [0.4, 0.5) is 10.1 Å². The maximum atomic E-state index is 13.0. The third-order valence-corrected chi connectivity index (χ3v) is 6.22. The molecule has 1 N–H and O–H groups in total. The van der Waals surface area contributed by atoms with E-state index in [1.807, 2.05) is 12.1 Å². The average molecular weight is 366 g/mol. The largest absolute Gasteiger partial charge is 0.322 e. The number of hydrogen-bond donors (Lipinski definition) is 1. The lowest BCUT2D eigenvalue weighted by Crippen LogP contribution is -2.35. The number of nitrogens with zero attached hydrogens (tertiary/aromatic N) is 1. The maximum Gasteiger partial charge on any atom is 0.255 e. The van der Waals surface area contributed by atoms with Gasteiger partial charge in [0.15, 0.2) is 0 Å². The zero-order chi connectivity index (χ0) is 18.8. The zero-order valence-electron chi connectivity index (χ0n) is 15.8. The molecule has 0 radical (unpaired) electrons. The van der Waals surface area contributed by atoms with E-state index in [9.17, 15) is 9.18 Å². The van der Waals surface area contributed by atoms with Crippen molar-refractivity contribution in [1.82, 2.24) is 4.90 Å². The summed E-state index contributed by atoms with van der Waals surface area (Å²) >= 11 is 0. The Kier molecular flexibility index (Phi) is 5.26. The number of halogens is 1. The Morgan fingerprint density at radius 1 is 1.04 bits per heavy atom. The van der Waals surface area contributed by atoms with Crippen molar-refractivity contribution < 1.29 is 9.18 Å². The van der Waals surface area contributed by atoms with Gasteiger partial charge in [-0.2, -0.15) is 0 Å². The quantitative estimate of drug-likeness (QED) is 0.807. The van der Waals surface area contributed by atoms with Crippen LogP contribution in [0.2, 0.25) is 0 Å². The summed E-state index contributed by atoms with van der Waals surface area (Å²) in [7, 11) is 0. The normalized spacial score (nSPS) is 25.6. The molecule has 3 atom stereocenters. The Morgan fingerprint density at radius 2 is 1.78 bits per heavy atom. The second-order valence-electron chi connectivity index (χ2n) is 7.98. The summed E-state index contributed by atoms with van der Waals surface area (Å²) in [5, 5.41) is 2.89. The van der Waals surface area contributed by atoms with Gasteiger partial charge in [-0.05, 0) is 93.5 Å². The van der Waals surface area contributed by atoms with E-state index in [1.54, 1.807) is 0 Å². The molecule has 2 aromatic rings. The second-order valence-corrected chi connectivity index (χ2v) is 7.98. The van der Waals surface area contributed by atoms with Crippen LogP contribution in [0, 0.1) is 5.82 Å². The van der Waals surface area contributed by atoms with Crippen LogP contribution >= 0.6 is 0 Å². The molecule has 1 saturated heterocycles. The van der Waals surface area contributed by atoms with Crippen molar-refractivity contribution in [3.63, 3.8) is 0 Å². The minimum absolute atomic E-state index is 0.216. The van der Waals surface area contributed by atoms with Crippen LogP contribution < -0.4 is 5.32 Å². The highest BCUT2D eigenvalue weighted by molar-refractivity contribution is 6.04. The summed E-state index contributed by atoms with van der Waals surface area (Å²) < 4.78 is 13.0. The number of carbonyl (C=O) groups excluding carboxylic acids is 1. The van der Waals surface area contributed by atoms with Crippen molar-refractivity contribution in [1.29, 1.82) is 0 Å². The fourth-order valence-corrected chi connectivity index (χ4v) is 4.70. The summed E-state index contributed by atoms with van der Waals surface area (Å²) in [5.74, 6) is 0.0606. The number of anilines is 1. The predicted octanol–water partition coefficient (Wildman–Crippen LogP) is 5.20. The number of benzene rings is 2. The van der Waals surface area contributed by atoms with Gasteiger partial charge in [0, 0.05) is 23.3 Å². The van der Waals surface area contributed by atoms with Crippen LogP contribution in [0.15, 0.2) is 48.5 Å². The minimum atomic E-state index is -0.339. The number of carbonyl (C=O) groups is 1. The van der Waals surface area contributed by atoms with Gasteiger partial charge in [-0.15, -0.1) is 0 Å². The first-order valence-corrected chi connectivity index (χ1v) is 10.0. The summed E-state index contributed by atoms with van der Waals surface area (Å²) in [6, 6.07) is 15.3. The van der Waals surface area contributed by atoms with Crippen LogP contribution in [0.3, 0.4) is 0 Å². The third-order valence-electron chi connectivity index (χ3n) is 6.22. The van der Waals surface area contributed by atoms with E-state index in [4.69, 9.17) is 0 Å². The van der Waals surface area contributed by atoms with E-state index >= 15 is 0 Å². The first-order valence-electron chi connectivity index (χ1n) is 10.0. The van der Waals surface area contributed by atoms with E-state index in [0.717, 1.165) is 17.8 Å². The van der Waals surface area contributed by atoms with Crippen molar-refractivity contribution in [3.05, 3.63) is 65.5 Å². The van der Waals surface area contributed by atoms with Gasteiger partial charge in [-0.25, -0.2) is 4.39 Å². The molecule has 0 aromatic heterocycles. The standard InChI is InChI=1S/C23H27FN2O/c1-16-3-2-14-26(16)22-13-8-19(15-22)17-6-11-21(12-7-17)25-23(27)18-4-9-20(24)10-5-18/h4-7,9-12,16,19,22H,2-3,8,13-15H2,1H3,(H,25,27)/t16-,19?,22?/m0/s1. The molecular formula is C23H27FN2O. The molecular weight excluding hydrogens is 339 g/mol. The van der Waals surface area contributed by atoms with Gasteiger partial charge in [0.1, 0.15) is 5.82 Å². The van der Waals surface area contributed by atoms with Gasteiger partial charge >= 0.3 is 0 Å². The molecule has 1 aliphatic heterocycles. The van der Waals surface area contributed by atoms with Crippen LogP contribution in [0.1, 0.15) is 60.9 Å². The first kappa shape index (κ1) is 18.2. The molecule has 4 heteroatoms. The van der Waals surface area contributed by atoms with Crippen LogP contribution in [-0.2, 0) is 0 Å². The molecule has 2 unspecified atom stereocenters. The predicted molar refractivity (Wildman–Crippen MR) is 107 cm³/mol. The fourth-order valence-electron chi connectivity index (χ4n) is 4.70. The molecule has 4 rings (SSSR count). The maximum absolute atomic E-state index is 13.0. The average Bonchev–Trinajstić information content (AvgIpc) is 3.31. The Labute approximate surface area is 160 Å². The number of rotatable bonds is 4. The molecule has 3 nitrogen and oxygen atoms in total. The van der Waals surface area contributed by atoms with E-state index < -0.39 is 0 Å². The highest BCUT2D eigenvalue weighted by Crippen LogP contribution is 2.39. The van der Waals surface area contributed by atoms with E-state index in [0.29, 0.717) is 11.5 Å². The van der Waals surface area contributed by atoms with E-state index in [2.05, 4.69) is 29.3 Å².